The Morgan fingerprint density at radius 3 is 2.61 bits per heavy atom. The number of benzene rings is 1. The second-order valence-electron chi connectivity index (χ2n) is 5.19. The summed E-state index contributed by atoms with van der Waals surface area (Å²) in [6.45, 7) is 4.17. The van der Waals surface area contributed by atoms with Crippen molar-refractivity contribution < 1.29 is 14.3 Å². The summed E-state index contributed by atoms with van der Waals surface area (Å²) in [7, 11) is 0. The van der Waals surface area contributed by atoms with Crippen LogP contribution < -0.4 is 15.4 Å². The van der Waals surface area contributed by atoms with E-state index >= 15 is 0 Å². The van der Waals surface area contributed by atoms with Crippen molar-refractivity contribution in [2.75, 3.05) is 13.2 Å². The Morgan fingerprint density at radius 1 is 1.26 bits per heavy atom. The van der Waals surface area contributed by atoms with E-state index in [9.17, 15) is 9.59 Å². The van der Waals surface area contributed by atoms with Crippen molar-refractivity contribution in [1.82, 2.24) is 30.8 Å². The van der Waals surface area contributed by atoms with Gasteiger partial charge < -0.3 is 10.1 Å². The summed E-state index contributed by atoms with van der Waals surface area (Å²) in [4.78, 5) is 23.0. The van der Waals surface area contributed by atoms with Crippen molar-refractivity contribution in [1.29, 1.82) is 0 Å². The summed E-state index contributed by atoms with van der Waals surface area (Å²) in [5, 5.41) is 15.6. The number of amides is 3. The molecule has 1 aromatic carbocycles. The van der Waals surface area contributed by atoms with Gasteiger partial charge in [0.2, 0.25) is 0 Å². The third-order valence-electron chi connectivity index (χ3n) is 2.74. The second-order valence-corrected chi connectivity index (χ2v) is 5.19. The molecule has 0 saturated heterocycles. The zero-order valence-corrected chi connectivity index (χ0v) is 12.9. The van der Waals surface area contributed by atoms with Gasteiger partial charge in [0.05, 0.1) is 5.69 Å². The van der Waals surface area contributed by atoms with E-state index in [-0.39, 0.29) is 6.61 Å². The number of carbonyl (C=O) groups excluding carboxylic acids is 2. The highest BCUT2D eigenvalue weighted by Crippen LogP contribution is 2.13. The zero-order valence-electron chi connectivity index (χ0n) is 12.9. The van der Waals surface area contributed by atoms with Crippen molar-refractivity contribution >= 4 is 11.9 Å². The number of nitrogens with zero attached hydrogens (tertiary/aromatic N) is 4. The van der Waals surface area contributed by atoms with Crippen LogP contribution in [0.4, 0.5) is 4.79 Å². The van der Waals surface area contributed by atoms with E-state index in [0.29, 0.717) is 18.2 Å². The van der Waals surface area contributed by atoms with Crippen LogP contribution >= 0.6 is 0 Å². The number of nitrogens with one attached hydrogen (secondary N) is 2. The number of hydrogen-bond donors (Lipinski definition) is 2. The van der Waals surface area contributed by atoms with Crippen molar-refractivity contribution in [3.8, 4) is 11.4 Å². The van der Waals surface area contributed by atoms with Gasteiger partial charge in [-0.1, -0.05) is 13.8 Å². The van der Waals surface area contributed by atoms with Crippen molar-refractivity contribution in [3.63, 3.8) is 0 Å². The van der Waals surface area contributed by atoms with Crippen LogP contribution in [0.1, 0.15) is 13.8 Å². The lowest BCUT2D eigenvalue weighted by atomic mass is 10.2. The van der Waals surface area contributed by atoms with E-state index in [0.717, 1.165) is 5.69 Å². The maximum atomic E-state index is 11.6. The molecule has 2 rings (SSSR count). The van der Waals surface area contributed by atoms with E-state index in [1.54, 1.807) is 24.3 Å². The van der Waals surface area contributed by atoms with Crippen molar-refractivity contribution in [2.45, 2.75) is 13.8 Å². The number of ether oxygens (including phenoxy) is 1. The summed E-state index contributed by atoms with van der Waals surface area (Å²) in [6, 6.07) is 6.34. The average Bonchev–Trinajstić information content (AvgIpc) is 3.06. The number of tetrazole rings is 1. The van der Waals surface area contributed by atoms with Crippen LogP contribution in [-0.2, 0) is 4.79 Å². The van der Waals surface area contributed by atoms with Gasteiger partial charge in [0.25, 0.3) is 5.91 Å². The predicted octanol–water partition coefficient (Wildman–Crippen LogP) is 0.523. The normalized spacial score (nSPS) is 10.4. The fraction of sp³-hybridized carbons (Fsp3) is 0.357. The molecular formula is C14H18N6O3. The lowest BCUT2D eigenvalue weighted by Gasteiger charge is -2.09. The molecule has 9 nitrogen and oxygen atoms in total. The van der Waals surface area contributed by atoms with Crippen LogP contribution in [0.3, 0.4) is 0 Å². The molecule has 1 heterocycles. The minimum Gasteiger partial charge on any atom is -0.484 e. The number of urea groups is 1. The molecule has 1 aromatic heterocycles. The first-order chi connectivity index (χ1) is 11.0. The van der Waals surface area contributed by atoms with Gasteiger partial charge in [0.1, 0.15) is 12.1 Å². The van der Waals surface area contributed by atoms with Gasteiger partial charge in [-0.2, -0.15) is 0 Å². The van der Waals surface area contributed by atoms with Crippen LogP contribution in [0.25, 0.3) is 5.69 Å². The van der Waals surface area contributed by atoms with Crippen LogP contribution in [0, 0.1) is 5.92 Å². The molecule has 0 bridgehead atoms. The third kappa shape index (κ3) is 5.38. The van der Waals surface area contributed by atoms with Gasteiger partial charge >= 0.3 is 6.03 Å². The van der Waals surface area contributed by atoms with E-state index < -0.39 is 11.9 Å². The quantitative estimate of drug-likeness (QED) is 0.803. The average molecular weight is 318 g/mol. The maximum Gasteiger partial charge on any atom is 0.321 e. The van der Waals surface area contributed by atoms with E-state index in [1.165, 1.54) is 11.0 Å². The Bertz CT molecular complexity index is 639. The van der Waals surface area contributed by atoms with Gasteiger partial charge in [-0.25, -0.2) is 9.48 Å². The number of carbonyl (C=O) groups is 2. The molecular weight excluding hydrogens is 300 g/mol. The lowest BCUT2D eigenvalue weighted by Crippen LogP contribution is -2.42. The fourth-order valence-corrected chi connectivity index (χ4v) is 1.63. The highest BCUT2D eigenvalue weighted by atomic mass is 16.5. The van der Waals surface area contributed by atoms with Gasteiger partial charge in [0.15, 0.2) is 6.61 Å². The molecule has 0 aliphatic rings. The highest BCUT2D eigenvalue weighted by molar-refractivity contribution is 5.94. The molecule has 3 amide bonds. The smallest absolute Gasteiger partial charge is 0.321 e. The lowest BCUT2D eigenvalue weighted by molar-refractivity contribution is -0.122. The Labute approximate surface area is 133 Å². The summed E-state index contributed by atoms with van der Waals surface area (Å²) < 4.78 is 6.81. The molecule has 0 spiro atoms. The van der Waals surface area contributed by atoms with Crippen LogP contribution in [0.15, 0.2) is 30.6 Å². The third-order valence-corrected chi connectivity index (χ3v) is 2.74. The molecule has 2 aromatic rings. The largest absolute Gasteiger partial charge is 0.484 e. The molecule has 9 heteroatoms. The molecule has 0 atom stereocenters. The highest BCUT2D eigenvalue weighted by Gasteiger charge is 2.08. The molecule has 0 unspecified atom stereocenters. The van der Waals surface area contributed by atoms with Gasteiger partial charge in [-0.05, 0) is 40.6 Å². The Balaban J connectivity index is 1.77. The minimum atomic E-state index is -0.527. The fourth-order valence-electron chi connectivity index (χ4n) is 1.63. The number of imide groups is 1. The minimum absolute atomic E-state index is 0.251. The first-order valence-electron chi connectivity index (χ1n) is 7.08. The van der Waals surface area contributed by atoms with Gasteiger partial charge in [-0.15, -0.1) is 5.10 Å². The summed E-state index contributed by atoms with van der Waals surface area (Å²) in [6.07, 6.45) is 1.47. The summed E-state index contributed by atoms with van der Waals surface area (Å²) in [5.74, 6) is 0.293. The molecule has 23 heavy (non-hydrogen) atoms. The van der Waals surface area contributed by atoms with Crippen LogP contribution in [0.2, 0.25) is 0 Å². The number of aromatic nitrogens is 4. The second kappa shape index (κ2) is 7.87. The van der Waals surface area contributed by atoms with Gasteiger partial charge in [-0.3, -0.25) is 10.1 Å². The molecule has 122 valence electrons. The van der Waals surface area contributed by atoms with Crippen molar-refractivity contribution in [2.24, 2.45) is 5.92 Å². The molecule has 0 saturated carbocycles. The molecule has 0 aliphatic heterocycles. The first-order valence-corrected chi connectivity index (χ1v) is 7.08. The SMILES string of the molecule is CC(C)CNC(=O)NC(=O)COc1ccc(-n2cnnn2)cc1. The Hall–Kier alpha value is -2.97. The van der Waals surface area contributed by atoms with Crippen LogP contribution in [0.5, 0.6) is 5.75 Å². The van der Waals surface area contributed by atoms with E-state index in [1.807, 2.05) is 13.8 Å². The van der Waals surface area contributed by atoms with Crippen LogP contribution in [-0.4, -0.2) is 45.3 Å². The Morgan fingerprint density at radius 2 is 2.00 bits per heavy atom. The molecule has 0 fully saturated rings. The summed E-state index contributed by atoms with van der Waals surface area (Å²) in [5.41, 5.74) is 0.764. The predicted molar refractivity (Wildman–Crippen MR) is 81.0 cm³/mol. The number of rotatable bonds is 6. The van der Waals surface area contributed by atoms with Crippen molar-refractivity contribution in [3.05, 3.63) is 30.6 Å². The first kappa shape index (κ1) is 16.4. The molecule has 0 radical (unpaired) electrons. The van der Waals surface area contributed by atoms with E-state index in [2.05, 4.69) is 26.2 Å². The maximum absolute atomic E-state index is 11.6. The summed E-state index contributed by atoms with van der Waals surface area (Å²) >= 11 is 0. The number of hydrogen-bond acceptors (Lipinski definition) is 6. The monoisotopic (exact) mass is 318 g/mol. The zero-order chi connectivity index (χ0) is 16.7. The topological polar surface area (TPSA) is 111 Å². The molecule has 2 N–H and O–H groups in total. The van der Waals surface area contributed by atoms with Gasteiger partial charge in [0, 0.05) is 6.54 Å². The Kier molecular flexibility index (Phi) is 5.61. The van der Waals surface area contributed by atoms with E-state index in [4.69, 9.17) is 4.74 Å². The standard InChI is InChI=1S/C14H18N6O3/c1-10(2)7-15-14(22)17-13(21)8-23-12-5-3-11(4-6-12)20-9-16-18-19-20/h3-6,9-10H,7-8H2,1-2H3,(H2,15,17,21,22). The molecule has 0 aliphatic carbocycles.